The molecular weight excluding hydrogens is 228 g/mol. The van der Waals surface area contributed by atoms with Gasteiger partial charge in [0.25, 0.3) is 0 Å². The standard InChI is InChI=1S/C15H28O3/c1-2-18-11-15(12-7-4-3-5-8-12)13(16)9-6-10-14(15)17/h12-14,16-17H,2-11H2,1H3. The first-order valence-electron chi connectivity index (χ1n) is 7.65. The molecule has 2 unspecified atom stereocenters. The van der Waals surface area contributed by atoms with E-state index in [0.717, 1.165) is 32.1 Å². The Kier molecular flexibility index (Phi) is 5.05. The highest BCUT2D eigenvalue weighted by molar-refractivity contribution is 5.01. The summed E-state index contributed by atoms with van der Waals surface area (Å²) in [7, 11) is 0. The topological polar surface area (TPSA) is 49.7 Å². The summed E-state index contributed by atoms with van der Waals surface area (Å²) in [5, 5.41) is 21.1. The molecule has 18 heavy (non-hydrogen) atoms. The number of rotatable bonds is 4. The monoisotopic (exact) mass is 256 g/mol. The summed E-state index contributed by atoms with van der Waals surface area (Å²) in [6.45, 7) is 3.17. The minimum atomic E-state index is -0.394. The quantitative estimate of drug-likeness (QED) is 0.812. The van der Waals surface area contributed by atoms with Crippen molar-refractivity contribution in [1.82, 2.24) is 0 Å². The maximum absolute atomic E-state index is 10.5. The van der Waals surface area contributed by atoms with Gasteiger partial charge in [0.15, 0.2) is 0 Å². The summed E-state index contributed by atoms with van der Waals surface area (Å²) in [5.74, 6) is 0.433. The second-order valence-corrected chi connectivity index (χ2v) is 6.05. The van der Waals surface area contributed by atoms with Crippen LogP contribution in [0.5, 0.6) is 0 Å². The Morgan fingerprint density at radius 1 is 0.944 bits per heavy atom. The van der Waals surface area contributed by atoms with Gasteiger partial charge >= 0.3 is 0 Å². The van der Waals surface area contributed by atoms with Crippen molar-refractivity contribution in [1.29, 1.82) is 0 Å². The van der Waals surface area contributed by atoms with E-state index < -0.39 is 17.6 Å². The summed E-state index contributed by atoms with van der Waals surface area (Å²) in [6, 6.07) is 0. The molecule has 2 fully saturated rings. The van der Waals surface area contributed by atoms with Crippen LogP contribution in [0.2, 0.25) is 0 Å². The van der Waals surface area contributed by atoms with E-state index in [9.17, 15) is 10.2 Å². The Morgan fingerprint density at radius 3 is 2.11 bits per heavy atom. The lowest BCUT2D eigenvalue weighted by molar-refractivity contribution is -0.172. The van der Waals surface area contributed by atoms with Gasteiger partial charge in [-0.2, -0.15) is 0 Å². The molecule has 2 aliphatic carbocycles. The van der Waals surface area contributed by atoms with Gasteiger partial charge in [0.1, 0.15) is 0 Å². The second kappa shape index (κ2) is 6.36. The molecule has 0 amide bonds. The van der Waals surface area contributed by atoms with E-state index in [1.165, 1.54) is 19.3 Å². The molecule has 0 heterocycles. The average Bonchev–Trinajstić information content (AvgIpc) is 2.40. The Hall–Kier alpha value is -0.120. The summed E-state index contributed by atoms with van der Waals surface area (Å²) in [6.07, 6.45) is 7.84. The van der Waals surface area contributed by atoms with Gasteiger partial charge in [-0.15, -0.1) is 0 Å². The van der Waals surface area contributed by atoms with Crippen LogP contribution in [0.25, 0.3) is 0 Å². The Bertz CT molecular complexity index is 238. The predicted octanol–water partition coefficient (Wildman–Crippen LogP) is 2.50. The van der Waals surface area contributed by atoms with E-state index >= 15 is 0 Å². The van der Waals surface area contributed by atoms with Crippen molar-refractivity contribution >= 4 is 0 Å². The van der Waals surface area contributed by atoms with E-state index in [4.69, 9.17) is 4.74 Å². The van der Waals surface area contributed by atoms with Crippen LogP contribution in [-0.4, -0.2) is 35.6 Å². The Balaban J connectivity index is 2.18. The molecule has 2 rings (SSSR count). The lowest BCUT2D eigenvalue weighted by Gasteiger charge is -2.51. The minimum absolute atomic E-state index is 0.393. The first-order valence-corrected chi connectivity index (χ1v) is 7.65. The zero-order chi connectivity index (χ0) is 13.0. The molecule has 0 aromatic carbocycles. The number of ether oxygens (including phenoxy) is 1. The van der Waals surface area contributed by atoms with Gasteiger partial charge in [-0.05, 0) is 44.9 Å². The molecule has 0 radical (unpaired) electrons. The molecule has 0 aromatic heterocycles. The molecule has 2 saturated carbocycles. The number of aliphatic hydroxyl groups excluding tert-OH is 2. The van der Waals surface area contributed by atoms with Gasteiger partial charge < -0.3 is 14.9 Å². The smallest absolute Gasteiger partial charge is 0.0646 e. The van der Waals surface area contributed by atoms with Crippen LogP contribution in [0.15, 0.2) is 0 Å². The van der Waals surface area contributed by atoms with Crippen LogP contribution < -0.4 is 0 Å². The minimum Gasteiger partial charge on any atom is -0.392 e. The number of hydrogen-bond donors (Lipinski definition) is 2. The summed E-state index contributed by atoms with van der Waals surface area (Å²) in [5.41, 5.74) is -0.394. The van der Waals surface area contributed by atoms with E-state index in [0.29, 0.717) is 19.1 Å². The Labute approximate surface area is 111 Å². The van der Waals surface area contributed by atoms with Gasteiger partial charge in [-0.1, -0.05) is 19.3 Å². The zero-order valence-electron chi connectivity index (χ0n) is 11.6. The van der Waals surface area contributed by atoms with Gasteiger partial charge in [-0.3, -0.25) is 0 Å². The highest BCUT2D eigenvalue weighted by Gasteiger charge is 2.51. The van der Waals surface area contributed by atoms with Crippen LogP contribution >= 0.6 is 0 Å². The fourth-order valence-corrected chi connectivity index (χ4v) is 4.04. The van der Waals surface area contributed by atoms with Crippen LogP contribution in [0, 0.1) is 11.3 Å². The molecule has 2 atom stereocenters. The zero-order valence-corrected chi connectivity index (χ0v) is 11.6. The molecule has 0 aromatic rings. The first-order chi connectivity index (χ1) is 8.71. The molecule has 0 spiro atoms. The highest BCUT2D eigenvalue weighted by Crippen LogP contribution is 2.48. The molecule has 0 aliphatic heterocycles. The van der Waals surface area contributed by atoms with Crippen molar-refractivity contribution in [3.8, 4) is 0 Å². The second-order valence-electron chi connectivity index (χ2n) is 6.05. The van der Waals surface area contributed by atoms with Crippen LogP contribution in [0.1, 0.15) is 58.3 Å². The fraction of sp³-hybridized carbons (Fsp3) is 1.00. The third-order valence-electron chi connectivity index (χ3n) is 5.12. The van der Waals surface area contributed by atoms with Gasteiger partial charge in [0.05, 0.1) is 18.8 Å². The SMILES string of the molecule is CCOCC1(C2CCCCC2)C(O)CCCC1O. The molecule has 0 bridgehead atoms. The highest BCUT2D eigenvalue weighted by atomic mass is 16.5. The molecule has 0 saturated heterocycles. The predicted molar refractivity (Wildman–Crippen MR) is 71.4 cm³/mol. The van der Waals surface area contributed by atoms with E-state index in [1.807, 2.05) is 6.92 Å². The lowest BCUT2D eigenvalue weighted by Crippen LogP contribution is -2.56. The molecule has 3 heteroatoms. The van der Waals surface area contributed by atoms with Crippen LogP contribution in [0.4, 0.5) is 0 Å². The molecule has 2 aliphatic rings. The van der Waals surface area contributed by atoms with Crippen molar-refractivity contribution in [3.63, 3.8) is 0 Å². The maximum Gasteiger partial charge on any atom is 0.0646 e. The van der Waals surface area contributed by atoms with Crippen molar-refractivity contribution in [3.05, 3.63) is 0 Å². The van der Waals surface area contributed by atoms with Crippen LogP contribution in [0.3, 0.4) is 0 Å². The first kappa shape index (κ1) is 14.3. The van der Waals surface area contributed by atoms with E-state index in [1.54, 1.807) is 0 Å². The molecule has 3 nitrogen and oxygen atoms in total. The molecule has 2 N–H and O–H groups in total. The maximum atomic E-state index is 10.5. The Morgan fingerprint density at radius 2 is 1.56 bits per heavy atom. The van der Waals surface area contributed by atoms with Gasteiger partial charge in [0, 0.05) is 12.0 Å². The van der Waals surface area contributed by atoms with E-state index in [2.05, 4.69) is 0 Å². The lowest BCUT2D eigenvalue weighted by atomic mass is 9.59. The van der Waals surface area contributed by atoms with Gasteiger partial charge in [-0.25, -0.2) is 0 Å². The van der Waals surface area contributed by atoms with Crippen molar-refractivity contribution in [2.75, 3.05) is 13.2 Å². The summed E-state index contributed by atoms with van der Waals surface area (Å²) < 4.78 is 5.65. The summed E-state index contributed by atoms with van der Waals surface area (Å²) >= 11 is 0. The summed E-state index contributed by atoms with van der Waals surface area (Å²) in [4.78, 5) is 0. The molecule has 106 valence electrons. The normalized spacial score (nSPS) is 38.8. The number of hydrogen-bond acceptors (Lipinski definition) is 3. The molecular formula is C15H28O3. The third-order valence-corrected chi connectivity index (χ3v) is 5.12. The van der Waals surface area contributed by atoms with Gasteiger partial charge in [0.2, 0.25) is 0 Å². The largest absolute Gasteiger partial charge is 0.392 e. The van der Waals surface area contributed by atoms with Crippen molar-refractivity contribution < 1.29 is 14.9 Å². The third kappa shape index (κ3) is 2.59. The van der Waals surface area contributed by atoms with E-state index in [-0.39, 0.29) is 0 Å². The van der Waals surface area contributed by atoms with Crippen molar-refractivity contribution in [2.45, 2.75) is 70.5 Å². The van der Waals surface area contributed by atoms with Crippen molar-refractivity contribution in [2.24, 2.45) is 11.3 Å². The number of aliphatic hydroxyl groups is 2. The average molecular weight is 256 g/mol. The fourth-order valence-electron chi connectivity index (χ4n) is 4.04. The van der Waals surface area contributed by atoms with Crippen LogP contribution in [-0.2, 0) is 4.74 Å².